The summed E-state index contributed by atoms with van der Waals surface area (Å²) >= 11 is 0. The van der Waals surface area contributed by atoms with Crippen LogP contribution in [0.2, 0.25) is 0 Å². The van der Waals surface area contributed by atoms with Crippen LogP contribution in [0, 0.1) is 0 Å². The van der Waals surface area contributed by atoms with Gasteiger partial charge in [0.15, 0.2) is 0 Å². The molecule has 0 spiro atoms. The Balaban J connectivity index is 2.11. The van der Waals surface area contributed by atoms with E-state index in [0.29, 0.717) is 5.84 Å². The van der Waals surface area contributed by atoms with Crippen molar-refractivity contribution in [2.45, 2.75) is 103 Å². The summed E-state index contributed by atoms with van der Waals surface area (Å²) in [4.78, 5) is 15.4. The Labute approximate surface area is 172 Å². The zero-order valence-corrected chi connectivity index (χ0v) is 18.1. The Hall–Kier alpha value is -1.46. The lowest BCUT2D eigenvalue weighted by Gasteiger charge is -2.35. The van der Waals surface area contributed by atoms with Crippen LogP contribution in [0.4, 0.5) is 0 Å². The summed E-state index contributed by atoms with van der Waals surface area (Å²) in [6.45, 7) is 3.88. The van der Waals surface area contributed by atoms with Crippen molar-refractivity contribution >= 4 is 11.8 Å². The molecule has 1 aliphatic heterocycles. The molecule has 1 heterocycles. The molecule has 0 saturated carbocycles. The van der Waals surface area contributed by atoms with Gasteiger partial charge in [0, 0.05) is 13.0 Å². The molecule has 28 heavy (non-hydrogen) atoms. The highest BCUT2D eigenvalue weighted by atomic mass is 16.4. The van der Waals surface area contributed by atoms with Crippen molar-refractivity contribution in [3.63, 3.8) is 0 Å². The predicted molar refractivity (Wildman–Crippen MR) is 115 cm³/mol. The second-order valence-electron chi connectivity index (χ2n) is 8.07. The number of aliphatic imine (C=N–C) groups is 1. The first-order valence-corrected chi connectivity index (χ1v) is 11.3. The molecule has 0 fully saturated rings. The van der Waals surface area contributed by atoms with Crippen molar-refractivity contribution in [3.05, 3.63) is 24.6 Å². The fourth-order valence-electron chi connectivity index (χ4n) is 3.72. The highest BCUT2D eigenvalue weighted by molar-refractivity contribution is 5.90. The molecule has 1 aliphatic rings. The van der Waals surface area contributed by atoms with Gasteiger partial charge in [0.2, 0.25) is 5.84 Å². The second kappa shape index (κ2) is 14.5. The van der Waals surface area contributed by atoms with Gasteiger partial charge in [-0.25, -0.2) is 4.48 Å². The molecule has 1 rings (SSSR count). The fourth-order valence-corrected chi connectivity index (χ4v) is 3.72. The van der Waals surface area contributed by atoms with E-state index in [0.717, 1.165) is 12.8 Å². The van der Waals surface area contributed by atoms with Crippen LogP contribution in [0.25, 0.3) is 0 Å². The Kier molecular flexibility index (Phi) is 12.8. The van der Waals surface area contributed by atoms with Crippen molar-refractivity contribution in [1.82, 2.24) is 0 Å². The average Bonchev–Trinajstić information content (AvgIpc) is 3.05. The van der Waals surface area contributed by atoms with Crippen LogP contribution in [0.3, 0.4) is 0 Å². The lowest BCUT2D eigenvalue weighted by molar-refractivity contribution is -0.805. The number of carbonyl (C=O) groups excluding carboxylic acids is 1. The van der Waals surface area contributed by atoms with Gasteiger partial charge in [-0.3, -0.25) is 5.73 Å². The third-order valence-electron chi connectivity index (χ3n) is 5.57. The molecule has 0 aromatic carbocycles. The number of nitrogens with zero attached hydrogens (tertiary/aromatic N) is 2. The number of carbonyl (C=O) groups is 1. The van der Waals surface area contributed by atoms with E-state index in [1.165, 1.54) is 70.6 Å². The lowest BCUT2D eigenvalue weighted by Crippen LogP contribution is -2.60. The molecule has 0 radical (unpaired) electrons. The first kappa shape index (κ1) is 24.6. The lowest BCUT2D eigenvalue weighted by atomic mass is 10.0. The molecule has 2 N–H and O–H groups in total. The quantitative estimate of drug-likeness (QED) is 0.295. The third-order valence-corrected chi connectivity index (χ3v) is 5.57. The molecular weight excluding hydrogens is 350 g/mol. The summed E-state index contributed by atoms with van der Waals surface area (Å²) in [7, 11) is 0. The number of rotatable bonds is 17. The summed E-state index contributed by atoms with van der Waals surface area (Å²) in [6, 6.07) is 0. The minimum absolute atomic E-state index is 0.0251. The molecule has 5 nitrogen and oxygen atoms in total. The highest BCUT2D eigenvalue weighted by Crippen LogP contribution is 2.20. The molecule has 0 saturated heterocycles. The average molecular weight is 392 g/mol. The maximum absolute atomic E-state index is 11.1. The smallest absolute Gasteiger partial charge is 0.233 e. The van der Waals surface area contributed by atoms with Gasteiger partial charge in [0.25, 0.3) is 0 Å². The van der Waals surface area contributed by atoms with Crippen LogP contribution in [0.1, 0.15) is 97.3 Å². The normalized spacial score (nSPS) is 20.0. The molecule has 160 valence electrons. The van der Waals surface area contributed by atoms with E-state index in [1.807, 2.05) is 6.08 Å². The van der Waals surface area contributed by atoms with Crippen LogP contribution in [0.5, 0.6) is 0 Å². The van der Waals surface area contributed by atoms with E-state index in [1.54, 1.807) is 19.3 Å². The summed E-state index contributed by atoms with van der Waals surface area (Å²) in [5, 5.41) is 11.1. The monoisotopic (exact) mass is 391 g/mol. The van der Waals surface area contributed by atoms with Crippen LogP contribution in [-0.4, -0.2) is 29.0 Å². The molecule has 0 aliphatic carbocycles. The van der Waals surface area contributed by atoms with E-state index in [9.17, 15) is 9.90 Å². The van der Waals surface area contributed by atoms with Gasteiger partial charge >= 0.3 is 0 Å². The topological polar surface area (TPSA) is 78.5 Å². The minimum atomic E-state index is -1.12. The molecule has 0 bridgehead atoms. The molecule has 5 heteroatoms. The van der Waals surface area contributed by atoms with E-state index in [4.69, 9.17) is 5.73 Å². The highest BCUT2D eigenvalue weighted by Gasteiger charge is 2.37. The summed E-state index contributed by atoms with van der Waals surface area (Å²) in [5.74, 6) is -0.441. The van der Waals surface area contributed by atoms with E-state index >= 15 is 0 Å². The first-order valence-electron chi connectivity index (χ1n) is 11.3. The number of carboxylic acids is 1. The number of allylic oxidation sites excluding steroid dienone is 1. The van der Waals surface area contributed by atoms with Crippen LogP contribution in [-0.2, 0) is 4.79 Å². The standard InChI is InChI=1S/C23H41N3O2/c1-3-4-5-6-7-8-9-10-11-12-13-14-15-16-17-22-25-18-19-26(22,21(2)24)20-23(27)28/h16-19,21H,3-15,20,24H2,1-2H3/b17-16+. The van der Waals surface area contributed by atoms with Gasteiger partial charge in [-0.2, -0.15) is 4.99 Å². The van der Waals surface area contributed by atoms with E-state index in [2.05, 4.69) is 18.0 Å². The number of hydrogen-bond acceptors (Lipinski definition) is 4. The number of carboxylic acid groups (broad SMARTS) is 1. The number of amidine groups is 1. The number of aliphatic carboxylic acids is 1. The van der Waals surface area contributed by atoms with Gasteiger partial charge < -0.3 is 9.90 Å². The van der Waals surface area contributed by atoms with Gasteiger partial charge in [0.1, 0.15) is 18.9 Å². The SMILES string of the molecule is CCCCCCCCCCCCCC/C=C/C1=NC=C[N+]1(CC(=O)[O-])C(C)N. The Morgan fingerprint density at radius 3 is 2.11 bits per heavy atom. The van der Waals surface area contributed by atoms with Gasteiger partial charge in [0.05, 0.1) is 12.2 Å². The zero-order chi connectivity index (χ0) is 20.7. The molecular formula is C23H41N3O2. The van der Waals surface area contributed by atoms with Gasteiger partial charge in [-0.15, -0.1) is 0 Å². The van der Waals surface area contributed by atoms with Crippen molar-refractivity contribution in [1.29, 1.82) is 0 Å². The van der Waals surface area contributed by atoms with Crippen molar-refractivity contribution < 1.29 is 14.4 Å². The number of hydrogen-bond donors (Lipinski definition) is 1. The Morgan fingerprint density at radius 2 is 1.61 bits per heavy atom. The summed E-state index contributed by atoms with van der Waals surface area (Å²) in [6.07, 6.45) is 24.1. The van der Waals surface area contributed by atoms with E-state index < -0.39 is 5.97 Å². The largest absolute Gasteiger partial charge is 0.544 e. The zero-order valence-electron chi connectivity index (χ0n) is 18.1. The molecule has 0 amide bonds. The summed E-state index contributed by atoms with van der Waals surface area (Å²) < 4.78 is 0.0251. The Morgan fingerprint density at radius 1 is 1.07 bits per heavy atom. The first-order chi connectivity index (χ1) is 13.5. The van der Waals surface area contributed by atoms with E-state index in [-0.39, 0.29) is 17.2 Å². The molecule has 2 unspecified atom stereocenters. The molecule has 0 aromatic heterocycles. The number of unbranched alkanes of at least 4 members (excludes halogenated alkanes) is 12. The van der Waals surface area contributed by atoms with Crippen molar-refractivity contribution in [2.75, 3.05) is 6.54 Å². The Bertz CT molecular complexity index is 526. The number of nitrogens with two attached hydrogens (primary N) is 1. The van der Waals surface area contributed by atoms with Gasteiger partial charge in [-0.1, -0.05) is 83.6 Å². The van der Waals surface area contributed by atoms with Crippen LogP contribution >= 0.6 is 0 Å². The van der Waals surface area contributed by atoms with Gasteiger partial charge in [-0.05, 0) is 12.8 Å². The maximum Gasteiger partial charge on any atom is 0.233 e. The number of quaternary nitrogens is 1. The van der Waals surface area contributed by atoms with Crippen LogP contribution in [0.15, 0.2) is 29.5 Å². The molecule has 2 atom stereocenters. The minimum Gasteiger partial charge on any atom is -0.544 e. The fraction of sp³-hybridized carbons (Fsp3) is 0.739. The van der Waals surface area contributed by atoms with Crippen molar-refractivity contribution in [2.24, 2.45) is 10.7 Å². The second-order valence-corrected chi connectivity index (χ2v) is 8.07. The summed E-state index contributed by atoms with van der Waals surface area (Å²) in [5.41, 5.74) is 6.04. The van der Waals surface area contributed by atoms with Crippen LogP contribution < -0.4 is 10.8 Å². The predicted octanol–water partition coefficient (Wildman–Crippen LogP) is 4.39. The maximum atomic E-state index is 11.1. The third kappa shape index (κ3) is 9.16. The van der Waals surface area contributed by atoms with Crippen molar-refractivity contribution in [3.8, 4) is 0 Å². The molecule has 0 aromatic rings.